The van der Waals surface area contributed by atoms with Gasteiger partial charge in [0.05, 0.1) is 11.4 Å². The molecule has 0 aliphatic rings. The fraction of sp³-hybridized carbons (Fsp3) is 0.385. The van der Waals surface area contributed by atoms with Crippen LogP contribution in [0.1, 0.15) is 54.7 Å². The highest BCUT2D eigenvalue weighted by atomic mass is 32.2. The second-order valence-corrected chi connectivity index (χ2v) is 9.97. The number of aromatic nitrogens is 2. The van der Waals surface area contributed by atoms with Gasteiger partial charge in [0.15, 0.2) is 0 Å². The zero-order chi connectivity index (χ0) is 22.6. The molecule has 3 aromatic rings. The topological polar surface area (TPSA) is 49.2 Å². The minimum Gasteiger partial charge on any atom is -0.506 e. The molecule has 0 aliphatic carbocycles. The molecule has 1 aromatic carbocycles. The normalized spacial score (nSPS) is 11.8. The van der Waals surface area contributed by atoms with Crippen LogP contribution in [0.25, 0.3) is 0 Å². The van der Waals surface area contributed by atoms with Crippen LogP contribution in [0, 0.1) is 13.8 Å². The second kappa shape index (κ2) is 9.84. The molecule has 0 fully saturated rings. The predicted octanol–water partition coefficient (Wildman–Crippen LogP) is 6.02. The number of phenolic OH excluding ortho intramolecular Hbond substituents is 1. The number of benzene rings is 1. The van der Waals surface area contributed by atoms with Gasteiger partial charge >= 0.3 is 0 Å². The van der Waals surface area contributed by atoms with Crippen LogP contribution in [0.3, 0.4) is 0 Å². The molecule has 0 unspecified atom stereocenters. The molecule has 2 aromatic heterocycles. The van der Waals surface area contributed by atoms with Crippen molar-refractivity contribution in [3.05, 3.63) is 82.4 Å². The maximum atomic E-state index is 11.0. The molecule has 1 N–H and O–H groups in total. The van der Waals surface area contributed by atoms with E-state index in [1.54, 1.807) is 11.8 Å². The Morgan fingerprint density at radius 2 is 1.42 bits per heavy atom. The van der Waals surface area contributed by atoms with E-state index in [2.05, 4.69) is 49.9 Å². The quantitative estimate of drug-likeness (QED) is 0.460. The van der Waals surface area contributed by atoms with Crippen molar-refractivity contribution >= 4 is 11.8 Å². The summed E-state index contributed by atoms with van der Waals surface area (Å²) in [6.07, 6.45) is 2.01. The van der Waals surface area contributed by atoms with Gasteiger partial charge in [-0.2, -0.15) is 0 Å². The van der Waals surface area contributed by atoms with Gasteiger partial charge in [0.25, 0.3) is 0 Å². The Labute approximate surface area is 190 Å². The minimum atomic E-state index is 0.00789. The summed E-state index contributed by atoms with van der Waals surface area (Å²) in [5.74, 6) is 0.375. The Kier molecular flexibility index (Phi) is 7.39. The highest BCUT2D eigenvalue weighted by Gasteiger charge is 2.20. The van der Waals surface area contributed by atoms with Gasteiger partial charge in [-0.15, -0.1) is 11.8 Å². The number of hydrogen-bond donors (Lipinski definition) is 1. The fourth-order valence-electron chi connectivity index (χ4n) is 3.62. The van der Waals surface area contributed by atoms with E-state index in [0.717, 1.165) is 33.2 Å². The molecule has 0 radical (unpaired) electrons. The van der Waals surface area contributed by atoms with Gasteiger partial charge in [-0.05, 0) is 61.4 Å². The van der Waals surface area contributed by atoms with Crippen LogP contribution in [0.15, 0.2) is 53.4 Å². The van der Waals surface area contributed by atoms with E-state index in [9.17, 15) is 5.11 Å². The van der Waals surface area contributed by atoms with Gasteiger partial charge in [0.1, 0.15) is 5.75 Å². The van der Waals surface area contributed by atoms with Crippen LogP contribution in [0.2, 0.25) is 0 Å². The van der Waals surface area contributed by atoms with Crippen molar-refractivity contribution in [2.45, 2.75) is 64.6 Å². The Morgan fingerprint density at radius 3 is 1.87 bits per heavy atom. The molecule has 3 rings (SSSR count). The van der Waals surface area contributed by atoms with Crippen LogP contribution in [-0.2, 0) is 25.0 Å². The van der Waals surface area contributed by atoms with Crippen LogP contribution >= 0.6 is 11.8 Å². The Morgan fingerprint density at radius 1 is 0.871 bits per heavy atom. The number of pyridine rings is 2. The molecule has 4 nitrogen and oxygen atoms in total. The summed E-state index contributed by atoms with van der Waals surface area (Å²) >= 11 is 1.59. The number of rotatable bonds is 7. The van der Waals surface area contributed by atoms with Gasteiger partial charge in [-0.1, -0.05) is 39.0 Å². The van der Waals surface area contributed by atoms with Crippen LogP contribution in [0.4, 0.5) is 0 Å². The summed E-state index contributed by atoms with van der Waals surface area (Å²) in [5.41, 5.74) is 6.23. The lowest BCUT2D eigenvalue weighted by Gasteiger charge is -2.26. The molecule has 0 aliphatic heterocycles. The summed E-state index contributed by atoms with van der Waals surface area (Å²) in [5, 5.41) is 11.0. The Bertz CT molecular complexity index is 996. The lowest BCUT2D eigenvalue weighted by Crippen LogP contribution is -2.24. The number of nitrogens with zero attached hydrogens (tertiary/aromatic N) is 3. The maximum absolute atomic E-state index is 11.0. The van der Waals surface area contributed by atoms with Crippen molar-refractivity contribution in [1.29, 1.82) is 0 Å². The van der Waals surface area contributed by atoms with Crippen molar-refractivity contribution in [3.8, 4) is 5.75 Å². The first-order chi connectivity index (χ1) is 14.7. The molecular weight excluding hydrogens is 402 g/mol. The molecule has 31 heavy (non-hydrogen) atoms. The molecule has 0 amide bonds. The molecule has 5 heteroatoms. The average molecular weight is 436 g/mol. The number of thioether (sulfide) groups is 1. The summed E-state index contributed by atoms with van der Waals surface area (Å²) in [6, 6.07) is 16.5. The van der Waals surface area contributed by atoms with Gasteiger partial charge < -0.3 is 5.11 Å². The Hall–Kier alpha value is -2.37. The standard InChI is InChI=1S/C26H33N3OS/c1-18-9-7-11-22(27-18)16-29(17-23-12-8-10-19(2)28-23)15-20-13-21(26(3,4)5)14-24(31-6)25(20)30/h7-14,30H,15-17H2,1-6H3. The van der Waals surface area contributed by atoms with Gasteiger partial charge in [-0.3, -0.25) is 14.9 Å². The van der Waals surface area contributed by atoms with Crippen molar-refractivity contribution < 1.29 is 5.11 Å². The van der Waals surface area contributed by atoms with Crippen molar-refractivity contribution in [2.75, 3.05) is 6.26 Å². The summed E-state index contributed by atoms with van der Waals surface area (Å²) < 4.78 is 0. The molecule has 0 saturated carbocycles. The minimum absolute atomic E-state index is 0.00789. The van der Waals surface area contributed by atoms with E-state index in [1.165, 1.54) is 5.56 Å². The lowest BCUT2D eigenvalue weighted by atomic mass is 9.86. The SMILES string of the molecule is CSc1cc(C(C)(C)C)cc(CN(Cc2cccc(C)n2)Cc2cccc(C)n2)c1O. The third kappa shape index (κ3) is 6.31. The summed E-state index contributed by atoms with van der Waals surface area (Å²) in [7, 11) is 0. The number of aryl methyl sites for hydroxylation is 2. The molecule has 0 atom stereocenters. The number of aromatic hydroxyl groups is 1. The van der Waals surface area contributed by atoms with E-state index < -0.39 is 0 Å². The summed E-state index contributed by atoms with van der Waals surface area (Å²) in [4.78, 5) is 12.6. The first-order valence-electron chi connectivity index (χ1n) is 10.6. The van der Waals surface area contributed by atoms with Crippen LogP contribution in [0.5, 0.6) is 5.75 Å². The van der Waals surface area contributed by atoms with E-state index in [0.29, 0.717) is 25.4 Å². The van der Waals surface area contributed by atoms with Crippen LogP contribution < -0.4 is 0 Å². The van der Waals surface area contributed by atoms with E-state index >= 15 is 0 Å². The number of phenols is 1. The molecule has 0 saturated heterocycles. The van der Waals surface area contributed by atoms with Crippen molar-refractivity contribution in [2.24, 2.45) is 0 Å². The highest BCUT2D eigenvalue weighted by molar-refractivity contribution is 7.98. The van der Waals surface area contributed by atoms with Crippen LogP contribution in [-0.4, -0.2) is 26.2 Å². The van der Waals surface area contributed by atoms with Gasteiger partial charge in [0.2, 0.25) is 0 Å². The molecule has 2 heterocycles. The smallest absolute Gasteiger partial charge is 0.133 e. The molecule has 0 spiro atoms. The third-order valence-electron chi connectivity index (χ3n) is 5.30. The monoisotopic (exact) mass is 435 g/mol. The second-order valence-electron chi connectivity index (χ2n) is 9.12. The maximum Gasteiger partial charge on any atom is 0.133 e. The van der Waals surface area contributed by atoms with Gasteiger partial charge in [-0.25, -0.2) is 0 Å². The predicted molar refractivity (Wildman–Crippen MR) is 129 cm³/mol. The van der Waals surface area contributed by atoms with E-state index in [4.69, 9.17) is 9.97 Å². The van der Waals surface area contributed by atoms with Gasteiger partial charge in [0, 0.05) is 41.5 Å². The van der Waals surface area contributed by atoms with E-state index in [1.807, 2.05) is 44.4 Å². The molecule has 164 valence electrons. The zero-order valence-corrected chi connectivity index (χ0v) is 20.3. The van der Waals surface area contributed by atoms with E-state index in [-0.39, 0.29) is 5.41 Å². The Balaban J connectivity index is 1.97. The lowest BCUT2D eigenvalue weighted by molar-refractivity contribution is 0.237. The van der Waals surface area contributed by atoms with Crippen molar-refractivity contribution in [1.82, 2.24) is 14.9 Å². The number of hydrogen-bond acceptors (Lipinski definition) is 5. The average Bonchev–Trinajstić information content (AvgIpc) is 2.68. The largest absolute Gasteiger partial charge is 0.506 e. The first kappa shape index (κ1) is 23.3. The highest BCUT2D eigenvalue weighted by Crippen LogP contribution is 2.36. The zero-order valence-electron chi connectivity index (χ0n) is 19.4. The first-order valence-corrected chi connectivity index (χ1v) is 11.9. The molecule has 0 bridgehead atoms. The van der Waals surface area contributed by atoms with Crippen molar-refractivity contribution in [3.63, 3.8) is 0 Å². The molecular formula is C26H33N3OS. The summed E-state index contributed by atoms with van der Waals surface area (Å²) in [6.45, 7) is 12.6. The fourth-order valence-corrected chi connectivity index (χ4v) is 4.19. The third-order valence-corrected chi connectivity index (χ3v) is 6.05.